The first-order valence-corrected chi connectivity index (χ1v) is 7.99. The number of nitrogens with zero attached hydrogens (tertiary/aromatic N) is 1. The molecule has 0 radical (unpaired) electrons. The Labute approximate surface area is 126 Å². The zero-order valence-corrected chi connectivity index (χ0v) is 13.0. The number of amides is 1. The fourth-order valence-corrected chi connectivity index (χ4v) is 3.31. The van der Waals surface area contributed by atoms with Crippen molar-refractivity contribution in [2.24, 2.45) is 0 Å². The van der Waals surface area contributed by atoms with Crippen molar-refractivity contribution in [1.29, 1.82) is 0 Å². The van der Waals surface area contributed by atoms with Crippen molar-refractivity contribution in [3.63, 3.8) is 0 Å². The number of benzene rings is 1. The topological polar surface area (TPSA) is 40.5 Å². The Morgan fingerprint density at radius 1 is 1.42 bits per heavy atom. The number of hydrogen-bond acceptors (Lipinski definition) is 2. The summed E-state index contributed by atoms with van der Waals surface area (Å²) < 4.78 is 0. The highest BCUT2D eigenvalue weighted by Crippen LogP contribution is 2.26. The third-order valence-corrected chi connectivity index (χ3v) is 4.57. The second kappa shape index (κ2) is 6.62. The van der Waals surface area contributed by atoms with E-state index < -0.39 is 0 Å². The molecule has 5 heteroatoms. The molecule has 1 aromatic carbocycles. The molecule has 1 unspecified atom stereocenters. The van der Waals surface area contributed by atoms with Crippen molar-refractivity contribution in [3.05, 3.63) is 28.8 Å². The van der Waals surface area contributed by atoms with Crippen LogP contribution in [0.3, 0.4) is 0 Å². The van der Waals surface area contributed by atoms with Gasteiger partial charge in [-0.2, -0.15) is 0 Å². The Bertz CT molecular complexity index is 467. The van der Waals surface area contributed by atoms with E-state index in [1.807, 2.05) is 4.90 Å². The van der Waals surface area contributed by atoms with Gasteiger partial charge < -0.3 is 10.0 Å². The number of phenols is 1. The summed E-state index contributed by atoms with van der Waals surface area (Å²) in [6.07, 6.45) is 4.33. The predicted molar refractivity (Wildman–Crippen MR) is 80.2 cm³/mol. The van der Waals surface area contributed by atoms with Crippen molar-refractivity contribution >= 4 is 33.4 Å². The minimum absolute atomic E-state index is 0.0676. The third kappa shape index (κ3) is 3.42. The van der Waals surface area contributed by atoms with Gasteiger partial charge in [0.1, 0.15) is 5.75 Å². The van der Waals surface area contributed by atoms with Gasteiger partial charge >= 0.3 is 0 Å². The standard InChI is InChI=1S/C14H17BrClNO2/c15-9-10-4-2-1-3-7-17(10)14(19)12-8-11(18)5-6-13(12)16/h5-6,8,10,18H,1-4,7,9H2. The van der Waals surface area contributed by atoms with Crippen LogP contribution in [0.5, 0.6) is 5.75 Å². The fraction of sp³-hybridized carbons (Fsp3) is 0.500. The average molecular weight is 347 g/mol. The van der Waals surface area contributed by atoms with Gasteiger partial charge in [0.2, 0.25) is 0 Å². The molecule has 0 saturated carbocycles. The van der Waals surface area contributed by atoms with Crippen LogP contribution >= 0.6 is 27.5 Å². The number of hydrogen-bond donors (Lipinski definition) is 1. The highest BCUT2D eigenvalue weighted by atomic mass is 79.9. The molecule has 0 aromatic heterocycles. The molecule has 0 bridgehead atoms. The second-order valence-electron chi connectivity index (χ2n) is 4.82. The first kappa shape index (κ1) is 14.7. The van der Waals surface area contributed by atoms with Crippen molar-refractivity contribution in [1.82, 2.24) is 4.90 Å². The summed E-state index contributed by atoms with van der Waals surface area (Å²) in [6, 6.07) is 4.70. The first-order chi connectivity index (χ1) is 9.13. The summed E-state index contributed by atoms with van der Waals surface area (Å²) in [5.41, 5.74) is 0.384. The van der Waals surface area contributed by atoms with Gasteiger partial charge in [-0.1, -0.05) is 40.4 Å². The number of likely N-dealkylation sites (tertiary alicyclic amines) is 1. The highest BCUT2D eigenvalue weighted by Gasteiger charge is 2.26. The van der Waals surface area contributed by atoms with Crippen LogP contribution in [0.1, 0.15) is 36.0 Å². The number of halogens is 2. The zero-order chi connectivity index (χ0) is 13.8. The molecule has 0 spiro atoms. The minimum Gasteiger partial charge on any atom is -0.508 e. The Kier molecular flexibility index (Phi) is 5.11. The first-order valence-electron chi connectivity index (χ1n) is 6.49. The van der Waals surface area contributed by atoms with Gasteiger partial charge in [-0.3, -0.25) is 4.79 Å². The van der Waals surface area contributed by atoms with Gasteiger partial charge in [-0.15, -0.1) is 0 Å². The summed E-state index contributed by atoms with van der Waals surface area (Å²) >= 11 is 9.56. The summed E-state index contributed by atoms with van der Waals surface area (Å²) in [6.45, 7) is 0.751. The average Bonchev–Trinajstić information content (AvgIpc) is 2.65. The van der Waals surface area contributed by atoms with E-state index in [4.69, 9.17) is 11.6 Å². The van der Waals surface area contributed by atoms with Gasteiger partial charge in [0.15, 0.2) is 0 Å². The van der Waals surface area contributed by atoms with Gasteiger partial charge in [-0.05, 0) is 31.0 Å². The van der Waals surface area contributed by atoms with Crippen LogP contribution in [0.4, 0.5) is 0 Å². The van der Waals surface area contributed by atoms with Gasteiger partial charge in [0.05, 0.1) is 10.6 Å². The normalized spacial score (nSPS) is 20.1. The summed E-state index contributed by atoms with van der Waals surface area (Å²) in [5, 5.41) is 10.7. The van der Waals surface area contributed by atoms with Gasteiger partial charge in [-0.25, -0.2) is 0 Å². The number of carbonyl (C=O) groups is 1. The van der Waals surface area contributed by atoms with Crippen LogP contribution in [0, 0.1) is 0 Å². The highest BCUT2D eigenvalue weighted by molar-refractivity contribution is 9.09. The maximum atomic E-state index is 12.6. The Morgan fingerprint density at radius 2 is 2.21 bits per heavy atom. The van der Waals surface area contributed by atoms with Gasteiger partial charge in [0, 0.05) is 17.9 Å². The number of aromatic hydroxyl groups is 1. The van der Waals surface area contributed by atoms with Crippen molar-refractivity contribution in [2.45, 2.75) is 31.7 Å². The molecule has 1 aliphatic heterocycles. The fourth-order valence-electron chi connectivity index (χ4n) is 2.44. The monoisotopic (exact) mass is 345 g/mol. The zero-order valence-electron chi connectivity index (χ0n) is 10.6. The van der Waals surface area contributed by atoms with Crippen LogP contribution in [0.2, 0.25) is 5.02 Å². The van der Waals surface area contributed by atoms with Crippen molar-refractivity contribution in [3.8, 4) is 5.75 Å². The van der Waals surface area contributed by atoms with E-state index in [0.717, 1.165) is 37.6 Å². The minimum atomic E-state index is -0.0905. The maximum Gasteiger partial charge on any atom is 0.255 e. The number of alkyl halides is 1. The molecule has 1 heterocycles. The lowest BCUT2D eigenvalue weighted by Crippen LogP contribution is -2.41. The molecule has 1 amide bonds. The van der Waals surface area contributed by atoms with E-state index >= 15 is 0 Å². The van der Waals surface area contributed by atoms with E-state index in [-0.39, 0.29) is 17.7 Å². The molecule has 19 heavy (non-hydrogen) atoms. The molecular weight excluding hydrogens is 330 g/mol. The van der Waals surface area contributed by atoms with E-state index in [2.05, 4.69) is 15.9 Å². The SMILES string of the molecule is O=C(c1cc(O)ccc1Cl)N1CCCCCC1CBr. The summed E-state index contributed by atoms with van der Waals surface area (Å²) in [5.74, 6) is -0.0229. The lowest BCUT2D eigenvalue weighted by Gasteiger charge is -2.29. The smallest absolute Gasteiger partial charge is 0.255 e. The Hall–Kier alpha value is -0.740. The van der Waals surface area contributed by atoms with Crippen LogP contribution in [0.15, 0.2) is 18.2 Å². The number of rotatable bonds is 2. The van der Waals surface area contributed by atoms with E-state index in [1.54, 1.807) is 6.07 Å². The van der Waals surface area contributed by atoms with Crippen LogP contribution in [0.25, 0.3) is 0 Å². The summed E-state index contributed by atoms with van der Waals surface area (Å²) in [7, 11) is 0. The van der Waals surface area contributed by atoms with Crippen LogP contribution in [-0.2, 0) is 0 Å². The Morgan fingerprint density at radius 3 is 2.95 bits per heavy atom. The van der Waals surface area contributed by atoms with E-state index in [9.17, 15) is 9.90 Å². The molecule has 1 aliphatic rings. The van der Waals surface area contributed by atoms with Crippen molar-refractivity contribution < 1.29 is 9.90 Å². The third-order valence-electron chi connectivity index (χ3n) is 3.50. The van der Waals surface area contributed by atoms with Crippen LogP contribution in [-0.4, -0.2) is 33.8 Å². The molecule has 1 N–H and O–H groups in total. The largest absolute Gasteiger partial charge is 0.508 e. The number of carbonyl (C=O) groups excluding carboxylic acids is 1. The molecule has 1 aromatic rings. The molecule has 104 valence electrons. The summed E-state index contributed by atoms with van der Waals surface area (Å²) in [4.78, 5) is 14.5. The van der Waals surface area contributed by atoms with E-state index in [1.165, 1.54) is 12.1 Å². The molecule has 0 aliphatic carbocycles. The lowest BCUT2D eigenvalue weighted by atomic mass is 10.1. The van der Waals surface area contributed by atoms with Crippen LogP contribution < -0.4 is 0 Å². The number of phenolic OH excluding ortho intramolecular Hbond substituents is 1. The maximum absolute atomic E-state index is 12.6. The lowest BCUT2D eigenvalue weighted by molar-refractivity contribution is 0.0702. The second-order valence-corrected chi connectivity index (χ2v) is 5.87. The molecule has 2 rings (SSSR count). The molecule has 3 nitrogen and oxygen atoms in total. The molecule has 1 atom stereocenters. The molecule has 1 fully saturated rings. The Balaban J connectivity index is 2.27. The molecular formula is C14H17BrClNO2. The van der Waals surface area contributed by atoms with E-state index in [0.29, 0.717) is 10.6 Å². The quantitative estimate of drug-likeness (QED) is 0.827. The van der Waals surface area contributed by atoms with Crippen molar-refractivity contribution in [2.75, 3.05) is 11.9 Å². The molecule has 1 saturated heterocycles. The predicted octanol–water partition coefficient (Wildman–Crippen LogP) is 3.83. The van der Waals surface area contributed by atoms with Gasteiger partial charge in [0.25, 0.3) is 5.91 Å².